The quantitative estimate of drug-likeness (QED) is 0.801. The van der Waals surface area contributed by atoms with Crippen LogP contribution in [0.25, 0.3) is 0 Å². The van der Waals surface area contributed by atoms with Crippen LogP contribution in [0.15, 0.2) is 0 Å². The predicted octanol–water partition coefficient (Wildman–Crippen LogP) is 2.66. The number of nitrogens with one attached hydrogen (secondary N) is 1. The summed E-state index contributed by atoms with van der Waals surface area (Å²) in [5.41, 5.74) is 0. The van der Waals surface area contributed by atoms with Crippen LogP contribution in [0.1, 0.15) is 52.4 Å². The largest absolute Gasteiger partial charge is 0.377 e. The van der Waals surface area contributed by atoms with Gasteiger partial charge in [-0.2, -0.15) is 0 Å². The van der Waals surface area contributed by atoms with E-state index in [9.17, 15) is 0 Å². The van der Waals surface area contributed by atoms with Crippen LogP contribution < -0.4 is 5.32 Å². The van der Waals surface area contributed by atoms with E-state index in [4.69, 9.17) is 4.74 Å². The number of ether oxygens (including phenoxy) is 1. The molecular weight excluding hydrogens is 236 g/mol. The second kappa shape index (κ2) is 8.23. The van der Waals surface area contributed by atoms with Crippen molar-refractivity contribution in [3.8, 4) is 0 Å². The number of hydrogen-bond donors (Lipinski definition) is 1. The second-order valence-electron chi connectivity index (χ2n) is 6.39. The molecule has 3 atom stereocenters. The average molecular weight is 268 g/mol. The maximum atomic E-state index is 5.80. The molecular formula is C16H32N2O. The van der Waals surface area contributed by atoms with Crippen LogP contribution >= 0.6 is 0 Å². The van der Waals surface area contributed by atoms with Gasteiger partial charge in [0.15, 0.2) is 0 Å². The Labute approximate surface area is 119 Å². The summed E-state index contributed by atoms with van der Waals surface area (Å²) in [5, 5.41) is 3.73. The molecule has 19 heavy (non-hydrogen) atoms. The molecule has 0 spiro atoms. The summed E-state index contributed by atoms with van der Waals surface area (Å²) in [6.07, 6.45) is 8.34. The van der Waals surface area contributed by atoms with Gasteiger partial charge in [0.1, 0.15) is 0 Å². The van der Waals surface area contributed by atoms with Gasteiger partial charge >= 0.3 is 0 Å². The van der Waals surface area contributed by atoms with E-state index in [-0.39, 0.29) is 0 Å². The van der Waals surface area contributed by atoms with Gasteiger partial charge in [-0.1, -0.05) is 6.92 Å². The van der Waals surface area contributed by atoms with Gasteiger partial charge in [0, 0.05) is 25.7 Å². The third-order valence-electron chi connectivity index (χ3n) is 4.73. The van der Waals surface area contributed by atoms with Crippen LogP contribution in [0.4, 0.5) is 0 Å². The third kappa shape index (κ3) is 5.05. The number of hydrogen-bond acceptors (Lipinski definition) is 3. The number of nitrogens with zero attached hydrogens (tertiary/aromatic N) is 1. The molecule has 0 amide bonds. The van der Waals surface area contributed by atoms with Crippen molar-refractivity contribution in [3.05, 3.63) is 0 Å². The lowest BCUT2D eigenvalue weighted by Crippen LogP contribution is -2.46. The van der Waals surface area contributed by atoms with E-state index < -0.39 is 0 Å². The zero-order chi connectivity index (χ0) is 13.5. The zero-order valence-corrected chi connectivity index (χ0v) is 12.9. The minimum Gasteiger partial charge on any atom is -0.377 e. The number of likely N-dealkylation sites (tertiary alicyclic amines) is 1. The van der Waals surface area contributed by atoms with Crippen LogP contribution in [-0.4, -0.2) is 49.8 Å². The molecule has 3 unspecified atom stereocenters. The summed E-state index contributed by atoms with van der Waals surface area (Å²) in [4.78, 5) is 2.64. The fourth-order valence-electron chi connectivity index (χ4n) is 3.47. The van der Waals surface area contributed by atoms with Gasteiger partial charge in [-0.25, -0.2) is 0 Å². The molecule has 0 aromatic heterocycles. The molecule has 2 saturated heterocycles. The topological polar surface area (TPSA) is 24.5 Å². The highest BCUT2D eigenvalue weighted by Gasteiger charge is 2.24. The van der Waals surface area contributed by atoms with E-state index in [1.54, 1.807) is 0 Å². The SMILES string of the molecule is CCCN1CCCC(C(C)NCC2CCCCO2)C1. The molecule has 2 aliphatic heterocycles. The lowest BCUT2D eigenvalue weighted by Gasteiger charge is -2.36. The standard InChI is InChI=1S/C16H32N2O/c1-3-9-18-10-6-7-15(13-18)14(2)17-12-16-8-4-5-11-19-16/h14-17H,3-13H2,1-2H3. The van der Waals surface area contributed by atoms with E-state index in [2.05, 4.69) is 24.1 Å². The van der Waals surface area contributed by atoms with Crippen molar-refractivity contribution in [2.75, 3.05) is 32.8 Å². The Morgan fingerprint density at radius 1 is 1.26 bits per heavy atom. The van der Waals surface area contributed by atoms with Crippen LogP contribution in [0, 0.1) is 5.92 Å². The average Bonchev–Trinajstić information content (AvgIpc) is 2.46. The van der Waals surface area contributed by atoms with Crippen molar-refractivity contribution < 1.29 is 4.74 Å². The van der Waals surface area contributed by atoms with Crippen LogP contribution in [0.2, 0.25) is 0 Å². The molecule has 0 saturated carbocycles. The Morgan fingerprint density at radius 3 is 2.89 bits per heavy atom. The summed E-state index contributed by atoms with van der Waals surface area (Å²) >= 11 is 0. The molecule has 0 bridgehead atoms. The number of rotatable bonds is 6. The van der Waals surface area contributed by atoms with Crippen molar-refractivity contribution >= 4 is 0 Å². The molecule has 3 nitrogen and oxygen atoms in total. The molecule has 0 aliphatic carbocycles. The van der Waals surface area contributed by atoms with Gasteiger partial charge in [0.05, 0.1) is 6.10 Å². The van der Waals surface area contributed by atoms with Gasteiger partial charge in [-0.15, -0.1) is 0 Å². The van der Waals surface area contributed by atoms with Gasteiger partial charge < -0.3 is 15.0 Å². The fraction of sp³-hybridized carbons (Fsp3) is 1.00. The molecule has 112 valence electrons. The Kier molecular flexibility index (Phi) is 6.62. The first-order valence-electron chi connectivity index (χ1n) is 8.37. The fourth-order valence-corrected chi connectivity index (χ4v) is 3.47. The van der Waals surface area contributed by atoms with Crippen molar-refractivity contribution in [1.29, 1.82) is 0 Å². The van der Waals surface area contributed by atoms with E-state index in [0.29, 0.717) is 12.1 Å². The van der Waals surface area contributed by atoms with Crippen molar-refractivity contribution in [1.82, 2.24) is 10.2 Å². The van der Waals surface area contributed by atoms with Crippen molar-refractivity contribution in [2.45, 2.75) is 64.5 Å². The van der Waals surface area contributed by atoms with Gasteiger partial charge in [-0.3, -0.25) is 0 Å². The minimum absolute atomic E-state index is 0.464. The lowest BCUT2D eigenvalue weighted by molar-refractivity contribution is 0.0134. The Bertz CT molecular complexity index is 239. The predicted molar refractivity (Wildman–Crippen MR) is 80.5 cm³/mol. The summed E-state index contributed by atoms with van der Waals surface area (Å²) in [6, 6.07) is 0.630. The van der Waals surface area contributed by atoms with E-state index in [1.165, 1.54) is 58.2 Å². The highest BCUT2D eigenvalue weighted by atomic mass is 16.5. The first-order chi connectivity index (χ1) is 9.29. The summed E-state index contributed by atoms with van der Waals surface area (Å²) in [5.74, 6) is 0.823. The number of piperidine rings is 1. The molecule has 2 rings (SSSR count). The molecule has 0 aromatic rings. The van der Waals surface area contributed by atoms with Gasteiger partial charge in [0.25, 0.3) is 0 Å². The van der Waals surface area contributed by atoms with Crippen LogP contribution in [0.5, 0.6) is 0 Å². The van der Waals surface area contributed by atoms with E-state index in [1.807, 2.05) is 0 Å². The molecule has 2 heterocycles. The van der Waals surface area contributed by atoms with Crippen LogP contribution in [0.3, 0.4) is 0 Å². The molecule has 2 fully saturated rings. The van der Waals surface area contributed by atoms with Crippen LogP contribution in [-0.2, 0) is 4.74 Å². The summed E-state index contributed by atoms with van der Waals surface area (Å²) in [7, 11) is 0. The second-order valence-corrected chi connectivity index (χ2v) is 6.39. The molecule has 2 aliphatic rings. The molecule has 3 heteroatoms. The van der Waals surface area contributed by atoms with Crippen molar-refractivity contribution in [3.63, 3.8) is 0 Å². The van der Waals surface area contributed by atoms with Gasteiger partial charge in [0.2, 0.25) is 0 Å². The molecule has 0 aromatic carbocycles. The monoisotopic (exact) mass is 268 g/mol. The van der Waals surface area contributed by atoms with E-state index in [0.717, 1.165) is 19.1 Å². The van der Waals surface area contributed by atoms with Gasteiger partial charge in [-0.05, 0) is 64.5 Å². The lowest BCUT2D eigenvalue weighted by atomic mass is 9.91. The first-order valence-corrected chi connectivity index (χ1v) is 8.37. The summed E-state index contributed by atoms with van der Waals surface area (Å²) in [6.45, 7) is 10.5. The zero-order valence-electron chi connectivity index (χ0n) is 12.9. The summed E-state index contributed by atoms with van der Waals surface area (Å²) < 4.78 is 5.80. The normalized spacial score (nSPS) is 31.3. The smallest absolute Gasteiger partial charge is 0.0699 e. The molecule has 1 N–H and O–H groups in total. The first kappa shape index (κ1) is 15.3. The van der Waals surface area contributed by atoms with E-state index >= 15 is 0 Å². The Balaban J connectivity index is 1.67. The maximum Gasteiger partial charge on any atom is 0.0699 e. The maximum absolute atomic E-state index is 5.80. The Hall–Kier alpha value is -0.120. The molecule has 0 radical (unpaired) electrons. The highest BCUT2D eigenvalue weighted by molar-refractivity contribution is 4.81. The minimum atomic E-state index is 0.464. The third-order valence-corrected chi connectivity index (χ3v) is 4.73. The highest BCUT2D eigenvalue weighted by Crippen LogP contribution is 2.20. The Morgan fingerprint density at radius 2 is 2.16 bits per heavy atom. The van der Waals surface area contributed by atoms with Crippen molar-refractivity contribution in [2.24, 2.45) is 5.92 Å².